The number of anilines is 1. The number of esters is 1. The molecule has 2 heterocycles. The fourth-order valence-corrected chi connectivity index (χ4v) is 2.64. The first-order chi connectivity index (χ1) is 10.8. The van der Waals surface area contributed by atoms with Gasteiger partial charge in [0.15, 0.2) is 0 Å². The monoisotopic (exact) mass is 300 g/mol. The number of carbonyl (C=O) groups is 1. The third-order valence-electron chi connectivity index (χ3n) is 3.72. The maximum absolute atomic E-state index is 12.0. The van der Waals surface area contributed by atoms with E-state index in [4.69, 9.17) is 9.47 Å². The van der Waals surface area contributed by atoms with Crippen LogP contribution < -0.4 is 4.90 Å². The Labute approximate surface area is 130 Å². The van der Waals surface area contributed by atoms with Crippen LogP contribution in [0.5, 0.6) is 0 Å². The summed E-state index contributed by atoms with van der Waals surface area (Å²) in [5.41, 5.74) is 2.66. The Morgan fingerprint density at radius 1 is 1.18 bits per heavy atom. The van der Waals surface area contributed by atoms with Gasteiger partial charge in [0, 0.05) is 25.5 Å². The molecule has 0 saturated carbocycles. The van der Waals surface area contributed by atoms with Gasteiger partial charge in [0.1, 0.15) is 0 Å². The fraction of sp³-hybridized carbons (Fsp3) is 0.353. The number of ether oxygens (including phenoxy) is 2. The van der Waals surface area contributed by atoms with E-state index in [9.17, 15) is 4.79 Å². The summed E-state index contributed by atoms with van der Waals surface area (Å²) < 4.78 is 12.5. The minimum atomic E-state index is -0.288. The van der Waals surface area contributed by atoms with Gasteiger partial charge in [-0.1, -0.05) is 0 Å². The van der Waals surface area contributed by atoms with Crippen LogP contribution in [0.3, 0.4) is 0 Å². The van der Waals surface area contributed by atoms with E-state index in [1.54, 1.807) is 0 Å². The van der Waals surface area contributed by atoms with Crippen molar-refractivity contribution in [2.24, 2.45) is 0 Å². The minimum Gasteiger partial charge on any atom is -0.462 e. The third kappa shape index (κ3) is 2.99. The van der Waals surface area contributed by atoms with Gasteiger partial charge in [0.25, 0.3) is 0 Å². The molecule has 0 spiro atoms. The smallest absolute Gasteiger partial charge is 0.338 e. The lowest BCUT2D eigenvalue weighted by atomic mass is 10.1. The van der Waals surface area contributed by atoms with Crippen molar-refractivity contribution in [1.29, 1.82) is 0 Å². The first-order valence-corrected chi connectivity index (χ1v) is 7.57. The fourth-order valence-electron chi connectivity index (χ4n) is 2.64. The number of benzene rings is 1. The molecule has 116 valence electrons. The van der Waals surface area contributed by atoms with Gasteiger partial charge in [-0.05, 0) is 37.3 Å². The van der Waals surface area contributed by atoms with Crippen LogP contribution in [0.2, 0.25) is 0 Å². The van der Waals surface area contributed by atoms with Crippen molar-refractivity contribution in [3.63, 3.8) is 0 Å². The van der Waals surface area contributed by atoms with Crippen molar-refractivity contribution in [2.45, 2.75) is 6.92 Å². The first-order valence-electron chi connectivity index (χ1n) is 7.57. The first kappa shape index (κ1) is 14.7. The van der Waals surface area contributed by atoms with Crippen LogP contribution in [0.25, 0.3) is 5.69 Å². The lowest BCUT2D eigenvalue weighted by molar-refractivity contribution is 0.0526. The summed E-state index contributed by atoms with van der Waals surface area (Å²) in [6.07, 6.45) is 3.96. The highest BCUT2D eigenvalue weighted by Gasteiger charge is 2.18. The van der Waals surface area contributed by atoms with Crippen molar-refractivity contribution in [3.8, 4) is 5.69 Å². The Hall–Kier alpha value is -2.27. The molecule has 0 bridgehead atoms. The molecule has 3 rings (SSSR count). The standard InChI is InChI=1S/C17H20N2O3/c1-2-22-17(20)14-5-6-15(19-9-11-21-12-10-19)16(13-14)18-7-3-4-8-18/h3-8,13H,2,9-12H2,1H3. The molecular weight excluding hydrogens is 280 g/mol. The lowest BCUT2D eigenvalue weighted by Crippen LogP contribution is -2.36. The molecule has 1 aromatic heterocycles. The zero-order valence-corrected chi connectivity index (χ0v) is 12.7. The predicted octanol–water partition coefficient (Wildman–Crippen LogP) is 2.49. The molecule has 0 amide bonds. The molecule has 0 unspecified atom stereocenters. The van der Waals surface area contributed by atoms with E-state index in [2.05, 4.69) is 4.90 Å². The van der Waals surface area contributed by atoms with Gasteiger partial charge in [-0.15, -0.1) is 0 Å². The van der Waals surface area contributed by atoms with Gasteiger partial charge in [-0.2, -0.15) is 0 Å². The number of carbonyl (C=O) groups excluding carboxylic acids is 1. The van der Waals surface area contributed by atoms with E-state index in [0.29, 0.717) is 12.2 Å². The van der Waals surface area contributed by atoms with Crippen molar-refractivity contribution in [3.05, 3.63) is 48.3 Å². The van der Waals surface area contributed by atoms with E-state index in [0.717, 1.165) is 37.7 Å². The van der Waals surface area contributed by atoms with E-state index in [1.165, 1.54) is 0 Å². The molecule has 0 N–H and O–H groups in total. The zero-order valence-electron chi connectivity index (χ0n) is 12.7. The van der Waals surface area contributed by atoms with Gasteiger partial charge in [0.05, 0.1) is 36.8 Å². The Kier molecular flexibility index (Phi) is 4.44. The Balaban J connectivity index is 2.00. The summed E-state index contributed by atoms with van der Waals surface area (Å²) in [5.74, 6) is -0.288. The number of morpholine rings is 1. The average molecular weight is 300 g/mol. The van der Waals surface area contributed by atoms with E-state index >= 15 is 0 Å². The predicted molar refractivity (Wildman–Crippen MR) is 84.8 cm³/mol. The van der Waals surface area contributed by atoms with Gasteiger partial charge >= 0.3 is 5.97 Å². The molecule has 0 aliphatic carbocycles. The summed E-state index contributed by atoms with van der Waals surface area (Å²) in [5, 5.41) is 0. The number of hydrogen-bond acceptors (Lipinski definition) is 4. The van der Waals surface area contributed by atoms with Crippen molar-refractivity contribution in [1.82, 2.24) is 4.57 Å². The second kappa shape index (κ2) is 6.66. The van der Waals surface area contributed by atoms with Crippen LogP contribution in [0, 0.1) is 0 Å². The van der Waals surface area contributed by atoms with Crippen LogP contribution in [-0.4, -0.2) is 43.4 Å². The lowest BCUT2D eigenvalue weighted by Gasteiger charge is -2.31. The normalized spacial score (nSPS) is 14.9. The van der Waals surface area contributed by atoms with Gasteiger partial charge in [-0.3, -0.25) is 0 Å². The summed E-state index contributed by atoms with van der Waals surface area (Å²) in [4.78, 5) is 14.3. The molecule has 1 saturated heterocycles. The highest BCUT2D eigenvalue weighted by molar-refractivity contribution is 5.91. The minimum absolute atomic E-state index is 0.288. The van der Waals surface area contributed by atoms with Crippen LogP contribution in [-0.2, 0) is 9.47 Å². The molecule has 5 nitrogen and oxygen atoms in total. The molecule has 2 aromatic rings. The summed E-state index contributed by atoms with van der Waals surface area (Å²) >= 11 is 0. The molecule has 22 heavy (non-hydrogen) atoms. The van der Waals surface area contributed by atoms with E-state index in [1.807, 2.05) is 54.2 Å². The van der Waals surface area contributed by atoms with E-state index < -0.39 is 0 Å². The van der Waals surface area contributed by atoms with Crippen molar-refractivity contribution >= 4 is 11.7 Å². The largest absolute Gasteiger partial charge is 0.462 e. The molecule has 0 atom stereocenters. The van der Waals surface area contributed by atoms with Crippen molar-refractivity contribution < 1.29 is 14.3 Å². The second-order valence-corrected chi connectivity index (χ2v) is 5.11. The molecule has 5 heteroatoms. The topological polar surface area (TPSA) is 43.7 Å². The SMILES string of the molecule is CCOC(=O)c1ccc(N2CCOCC2)c(-n2cccc2)c1. The van der Waals surface area contributed by atoms with E-state index in [-0.39, 0.29) is 5.97 Å². The number of rotatable bonds is 4. The van der Waals surface area contributed by atoms with Crippen LogP contribution >= 0.6 is 0 Å². The third-order valence-corrected chi connectivity index (χ3v) is 3.72. The Bertz CT molecular complexity index is 631. The average Bonchev–Trinajstić information content (AvgIpc) is 3.10. The number of hydrogen-bond donors (Lipinski definition) is 0. The molecular formula is C17H20N2O3. The van der Waals surface area contributed by atoms with Gasteiger partial charge < -0.3 is 18.9 Å². The Morgan fingerprint density at radius 3 is 2.59 bits per heavy atom. The number of nitrogens with zero attached hydrogens (tertiary/aromatic N) is 2. The second-order valence-electron chi connectivity index (χ2n) is 5.11. The highest BCUT2D eigenvalue weighted by atomic mass is 16.5. The maximum Gasteiger partial charge on any atom is 0.338 e. The molecule has 1 aromatic carbocycles. The molecule has 1 aliphatic heterocycles. The number of aromatic nitrogens is 1. The van der Waals surface area contributed by atoms with Crippen LogP contribution in [0.1, 0.15) is 17.3 Å². The van der Waals surface area contributed by atoms with Gasteiger partial charge in [0.2, 0.25) is 0 Å². The van der Waals surface area contributed by atoms with Crippen LogP contribution in [0.15, 0.2) is 42.7 Å². The molecule has 0 radical (unpaired) electrons. The van der Waals surface area contributed by atoms with Crippen LogP contribution in [0.4, 0.5) is 5.69 Å². The zero-order chi connectivity index (χ0) is 15.4. The molecule has 1 aliphatic rings. The summed E-state index contributed by atoms with van der Waals surface area (Å²) in [7, 11) is 0. The van der Waals surface area contributed by atoms with Gasteiger partial charge in [-0.25, -0.2) is 4.79 Å². The molecule has 1 fully saturated rings. The van der Waals surface area contributed by atoms with Crippen molar-refractivity contribution in [2.75, 3.05) is 37.8 Å². The quantitative estimate of drug-likeness (QED) is 0.814. The highest BCUT2D eigenvalue weighted by Crippen LogP contribution is 2.27. The maximum atomic E-state index is 12.0. The summed E-state index contributed by atoms with van der Waals surface area (Å²) in [6.45, 7) is 5.35. The Morgan fingerprint density at radius 2 is 1.91 bits per heavy atom. The summed E-state index contributed by atoms with van der Waals surface area (Å²) in [6, 6.07) is 9.66.